The van der Waals surface area contributed by atoms with Crippen LogP contribution in [0.25, 0.3) is 0 Å². The van der Waals surface area contributed by atoms with Crippen LogP contribution in [0.4, 0.5) is 0 Å². The molecule has 2 rings (SSSR count). The molecule has 1 aromatic rings. The lowest BCUT2D eigenvalue weighted by Gasteiger charge is -2.21. The number of hydrogen-bond donors (Lipinski definition) is 2. The van der Waals surface area contributed by atoms with Crippen molar-refractivity contribution in [2.75, 3.05) is 46.6 Å². The number of nitrogens with one attached hydrogen (secondary N) is 2. The summed E-state index contributed by atoms with van der Waals surface area (Å²) in [7, 11) is 1.79. The number of benzene rings is 1. The summed E-state index contributed by atoms with van der Waals surface area (Å²) in [5.41, 5.74) is 2.44. The van der Waals surface area contributed by atoms with Crippen LogP contribution in [0.1, 0.15) is 37.3 Å². The first kappa shape index (κ1) is 25.1. The topological polar surface area (TPSA) is 64.1 Å². The van der Waals surface area contributed by atoms with E-state index in [-0.39, 0.29) is 24.0 Å². The maximum atomic E-state index is 5.80. The van der Waals surface area contributed by atoms with Gasteiger partial charge in [-0.1, -0.05) is 24.3 Å². The monoisotopic (exact) mass is 505 g/mol. The van der Waals surface area contributed by atoms with Crippen molar-refractivity contribution in [1.29, 1.82) is 0 Å². The van der Waals surface area contributed by atoms with E-state index in [0.29, 0.717) is 12.5 Å². The van der Waals surface area contributed by atoms with Crippen molar-refractivity contribution in [1.82, 2.24) is 10.6 Å². The van der Waals surface area contributed by atoms with E-state index >= 15 is 0 Å². The van der Waals surface area contributed by atoms with E-state index in [1.807, 2.05) is 13.0 Å². The van der Waals surface area contributed by atoms with Crippen molar-refractivity contribution >= 4 is 29.9 Å². The van der Waals surface area contributed by atoms with Gasteiger partial charge in [0.2, 0.25) is 0 Å². The third-order valence-electron chi connectivity index (χ3n) is 4.70. The largest absolute Gasteiger partial charge is 0.381 e. The highest BCUT2D eigenvalue weighted by molar-refractivity contribution is 14.0. The predicted molar refractivity (Wildman–Crippen MR) is 124 cm³/mol. The zero-order valence-corrected chi connectivity index (χ0v) is 19.6. The normalized spacial score (nSPS) is 15.1. The van der Waals surface area contributed by atoms with Crippen LogP contribution in [0.3, 0.4) is 0 Å². The van der Waals surface area contributed by atoms with Crippen molar-refractivity contribution in [3.05, 3.63) is 35.4 Å². The van der Waals surface area contributed by atoms with Crippen LogP contribution < -0.4 is 10.6 Å². The molecule has 0 aliphatic carbocycles. The maximum absolute atomic E-state index is 5.80. The minimum atomic E-state index is 0. The zero-order valence-electron chi connectivity index (χ0n) is 17.2. The quantitative estimate of drug-likeness (QED) is 0.209. The van der Waals surface area contributed by atoms with Crippen molar-refractivity contribution in [3.63, 3.8) is 0 Å². The number of ether oxygens (including phenoxy) is 3. The molecule has 0 spiro atoms. The summed E-state index contributed by atoms with van der Waals surface area (Å²) in [4.78, 5) is 4.29. The Bertz CT molecular complexity index is 551. The van der Waals surface area contributed by atoms with Gasteiger partial charge < -0.3 is 24.8 Å². The summed E-state index contributed by atoms with van der Waals surface area (Å²) in [6, 6.07) is 8.33. The minimum absolute atomic E-state index is 0. The summed E-state index contributed by atoms with van der Waals surface area (Å²) in [6.07, 6.45) is 3.21. The lowest BCUT2D eigenvalue weighted by atomic mass is 10.0. The average Bonchev–Trinajstić information content (AvgIpc) is 2.72. The molecule has 2 N–H and O–H groups in total. The van der Waals surface area contributed by atoms with Crippen molar-refractivity contribution < 1.29 is 14.2 Å². The highest BCUT2D eigenvalue weighted by Gasteiger charge is 2.13. The molecule has 160 valence electrons. The third-order valence-corrected chi connectivity index (χ3v) is 4.70. The SMILES string of the molecule is CCOCc1ccccc1CNC(=NC)NCCCOCC1CCOCC1.I. The molecule has 1 fully saturated rings. The van der Waals surface area contributed by atoms with Crippen molar-refractivity contribution in [2.45, 2.75) is 39.3 Å². The van der Waals surface area contributed by atoms with Crippen LogP contribution >= 0.6 is 24.0 Å². The fourth-order valence-electron chi connectivity index (χ4n) is 3.03. The molecule has 6 nitrogen and oxygen atoms in total. The van der Waals surface area contributed by atoms with Gasteiger partial charge in [-0.15, -0.1) is 24.0 Å². The van der Waals surface area contributed by atoms with Crippen molar-refractivity contribution in [2.24, 2.45) is 10.9 Å². The Balaban J connectivity index is 0.00000392. The number of aliphatic imine (C=N–C) groups is 1. The Labute approximate surface area is 186 Å². The van der Waals surface area contributed by atoms with Crippen LogP contribution in [-0.2, 0) is 27.4 Å². The van der Waals surface area contributed by atoms with E-state index < -0.39 is 0 Å². The van der Waals surface area contributed by atoms with Gasteiger partial charge in [0, 0.05) is 53.2 Å². The van der Waals surface area contributed by atoms with Gasteiger partial charge in [0.15, 0.2) is 5.96 Å². The molecule has 1 heterocycles. The lowest BCUT2D eigenvalue weighted by molar-refractivity contribution is 0.0203. The fraction of sp³-hybridized carbons (Fsp3) is 0.667. The molecule has 1 aliphatic heterocycles. The molecule has 0 bridgehead atoms. The molecular weight excluding hydrogens is 469 g/mol. The van der Waals surface area contributed by atoms with Gasteiger partial charge in [-0.2, -0.15) is 0 Å². The van der Waals surface area contributed by atoms with Crippen LogP contribution in [0.5, 0.6) is 0 Å². The van der Waals surface area contributed by atoms with E-state index in [9.17, 15) is 0 Å². The van der Waals surface area contributed by atoms with Gasteiger partial charge in [-0.3, -0.25) is 4.99 Å². The molecule has 0 unspecified atom stereocenters. The highest BCUT2D eigenvalue weighted by Crippen LogP contribution is 2.14. The molecule has 1 aromatic carbocycles. The third kappa shape index (κ3) is 10.0. The second-order valence-corrected chi connectivity index (χ2v) is 6.74. The van der Waals surface area contributed by atoms with Gasteiger partial charge in [0.1, 0.15) is 0 Å². The number of rotatable bonds is 11. The second-order valence-electron chi connectivity index (χ2n) is 6.74. The van der Waals surface area contributed by atoms with Gasteiger partial charge in [0.05, 0.1) is 6.61 Å². The molecule has 0 saturated carbocycles. The van der Waals surface area contributed by atoms with Crippen molar-refractivity contribution in [3.8, 4) is 0 Å². The van der Waals surface area contributed by atoms with E-state index in [4.69, 9.17) is 14.2 Å². The molecule has 1 aliphatic rings. The molecule has 7 heteroatoms. The Morgan fingerprint density at radius 3 is 2.61 bits per heavy atom. The van der Waals surface area contributed by atoms with Crippen LogP contribution in [0, 0.1) is 5.92 Å². The van der Waals surface area contributed by atoms with Crippen LogP contribution in [-0.4, -0.2) is 52.6 Å². The highest BCUT2D eigenvalue weighted by atomic mass is 127. The Morgan fingerprint density at radius 1 is 1.14 bits per heavy atom. The average molecular weight is 505 g/mol. The summed E-state index contributed by atoms with van der Waals surface area (Å²) in [5, 5.41) is 6.72. The zero-order chi connectivity index (χ0) is 19.2. The maximum Gasteiger partial charge on any atom is 0.191 e. The first-order valence-corrected chi connectivity index (χ1v) is 10.1. The molecule has 1 saturated heterocycles. The summed E-state index contributed by atoms with van der Waals surface area (Å²) in [5.74, 6) is 1.48. The van der Waals surface area contributed by atoms with Gasteiger partial charge >= 0.3 is 0 Å². The summed E-state index contributed by atoms with van der Waals surface area (Å²) in [6.45, 7) is 8.34. The molecule has 0 amide bonds. The Hall–Kier alpha value is -0.900. The Kier molecular flexibility index (Phi) is 14.3. The van der Waals surface area contributed by atoms with E-state index in [1.165, 1.54) is 11.1 Å². The van der Waals surface area contributed by atoms with E-state index in [2.05, 4.69) is 33.8 Å². The van der Waals surface area contributed by atoms with Gasteiger partial charge in [0.25, 0.3) is 0 Å². The molecule has 0 radical (unpaired) electrons. The molecule has 0 aromatic heterocycles. The fourth-order valence-corrected chi connectivity index (χ4v) is 3.03. The standard InChI is InChI=1S/C21H35N3O3.HI/c1-3-25-17-20-8-5-4-7-19(20)15-24-21(22-2)23-11-6-12-27-16-18-9-13-26-14-10-18;/h4-5,7-8,18H,3,6,9-17H2,1-2H3,(H2,22,23,24);1H. The first-order valence-electron chi connectivity index (χ1n) is 10.1. The number of halogens is 1. The predicted octanol–water partition coefficient (Wildman–Crippen LogP) is 3.34. The molecule has 0 atom stereocenters. The molecular formula is C21H36IN3O3. The van der Waals surface area contributed by atoms with Gasteiger partial charge in [-0.25, -0.2) is 0 Å². The minimum Gasteiger partial charge on any atom is -0.381 e. The second kappa shape index (κ2) is 16.0. The summed E-state index contributed by atoms with van der Waals surface area (Å²) < 4.78 is 16.7. The van der Waals surface area contributed by atoms with Gasteiger partial charge in [-0.05, 0) is 43.2 Å². The lowest BCUT2D eigenvalue weighted by Crippen LogP contribution is -2.37. The summed E-state index contributed by atoms with van der Waals surface area (Å²) >= 11 is 0. The van der Waals surface area contributed by atoms with E-state index in [0.717, 1.165) is 71.3 Å². The van der Waals surface area contributed by atoms with Crippen LogP contribution in [0.15, 0.2) is 29.3 Å². The number of nitrogens with zero attached hydrogens (tertiary/aromatic N) is 1. The number of guanidine groups is 1. The van der Waals surface area contributed by atoms with E-state index in [1.54, 1.807) is 7.05 Å². The number of hydrogen-bond acceptors (Lipinski definition) is 4. The van der Waals surface area contributed by atoms with Crippen LogP contribution in [0.2, 0.25) is 0 Å². The Morgan fingerprint density at radius 2 is 1.89 bits per heavy atom. The molecule has 28 heavy (non-hydrogen) atoms. The smallest absolute Gasteiger partial charge is 0.191 e. The first-order chi connectivity index (χ1) is 13.3.